The molecule has 0 spiro atoms. The van der Waals surface area contributed by atoms with E-state index in [1.165, 1.54) is 23.5 Å². The maximum atomic E-state index is 13.2. The van der Waals surface area contributed by atoms with Gasteiger partial charge in [-0.3, -0.25) is 4.79 Å². The molecule has 94 valence electrons. The zero-order valence-electron chi connectivity index (χ0n) is 9.26. The molecule has 0 aliphatic heterocycles. The monoisotopic (exact) mass is 391 g/mol. The molecule has 2 N–H and O–H groups in total. The molecular weight excluding hydrogens is 385 g/mol. The number of hydrogen-bond donors (Lipinski definition) is 1. The number of benzene rings is 1. The summed E-state index contributed by atoms with van der Waals surface area (Å²) in [6.07, 6.45) is 0. The lowest BCUT2D eigenvalue weighted by Crippen LogP contribution is -2.03. The topological polar surface area (TPSA) is 43.1 Å². The standard InChI is InChI=1S/C12H8Br2FNOS/c1-5-2-8(14)12(18-5)11(17)6-3-10(16)9(15)4-7(6)13/h2-4H,16H2,1H3. The van der Waals surface area contributed by atoms with Crippen LogP contribution in [0.4, 0.5) is 10.1 Å². The molecule has 0 aliphatic rings. The molecule has 0 unspecified atom stereocenters. The van der Waals surface area contributed by atoms with Gasteiger partial charge in [-0.1, -0.05) is 0 Å². The molecule has 0 saturated carbocycles. The van der Waals surface area contributed by atoms with Crippen molar-refractivity contribution in [1.82, 2.24) is 0 Å². The molecule has 2 aromatic rings. The first-order valence-corrected chi connectivity index (χ1v) is 7.35. The molecule has 0 atom stereocenters. The highest BCUT2D eigenvalue weighted by Gasteiger charge is 2.19. The van der Waals surface area contributed by atoms with Crippen molar-refractivity contribution in [3.8, 4) is 0 Å². The summed E-state index contributed by atoms with van der Waals surface area (Å²) in [6.45, 7) is 1.92. The molecule has 6 heteroatoms. The minimum absolute atomic E-state index is 0.0362. The van der Waals surface area contributed by atoms with Crippen LogP contribution in [0, 0.1) is 12.7 Å². The fourth-order valence-corrected chi connectivity index (χ4v) is 3.77. The third-order valence-corrected chi connectivity index (χ3v) is 4.94. The Balaban J connectivity index is 2.53. The first-order valence-electron chi connectivity index (χ1n) is 4.95. The van der Waals surface area contributed by atoms with E-state index in [1.54, 1.807) is 0 Å². The molecule has 0 radical (unpaired) electrons. The Morgan fingerprint density at radius 2 is 1.94 bits per heavy atom. The molecule has 0 saturated heterocycles. The maximum absolute atomic E-state index is 13.2. The van der Waals surface area contributed by atoms with Crippen LogP contribution >= 0.6 is 43.2 Å². The van der Waals surface area contributed by atoms with Gasteiger partial charge < -0.3 is 5.73 Å². The smallest absolute Gasteiger partial charge is 0.205 e. The summed E-state index contributed by atoms with van der Waals surface area (Å²) in [5.41, 5.74) is 5.81. The summed E-state index contributed by atoms with van der Waals surface area (Å²) >= 11 is 7.91. The van der Waals surface area contributed by atoms with Gasteiger partial charge in [-0.2, -0.15) is 0 Å². The average molecular weight is 393 g/mol. The number of ketones is 1. The first-order chi connectivity index (χ1) is 8.40. The zero-order valence-corrected chi connectivity index (χ0v) is 13.2. The zero-order chi connectivity index (χ0) is 13.4. The molecule has 0 fully saturated rings. The van der Waals surface area contributed by atoms with Crippen molar-refractivity contribution in [1.29, 1.82) is 0 Å². The minimum Gasteiger partial charge on any atom is -0.396 e. The van der Waals surface area contributed by atoms with Crippen molar-refractivity contribution >= 4 is 54.7 Å². The van der Waals surface area contributed by atoms with Crippen molar-refractivity contribution in [3.63, 3.8) is 0 Å². The Morgan fingerprint density at radius 1 is 1.28 bits per heavy atom. The van der Waals surface area contributed by atoms with Crippen LogP contribution in [0.1, 0.15) is 20.1 Å². The molecule has 2 nitrogen and oxygen atoms in total. The summed E-state index contributed by atoms with van der Waals surface area (Å²) in [7, 11) is 0. The van der Waals surface area contributed by atoms with Crippen LogP contribution in [0.3, 0.4) is 0 Å². The number of nitrogen functional groups attached to an aromatic ring is 1. The van der Waals surface area contributed by atoms with Crippen molar-refractivity contribution in [2.75, 3.05) is 5.73 Å². The lowest BCUT2D eigenvalue weighted by atomic mass is 10.1. The Kier molecular flexibility index (Phi) is 3.89. The third-order valence-electron chi connectivity index (χ3n) is 2.35. The van der Waals surface area contributed by atoms with E-state index in [4.69, 9.17) is 5.73 Å². The van der Waals surface area contributed by atoms with Crippen LogP contribution in [0.5, 0.6) is 0 Å². The number of hydrogen-bond acceptors (Lipinski definition) is 3. The number of carbonyl (C=O) groups excluding carboxylic acids is 1. The van der Waals surface area contributed by atoms with E-state index in [-0.39, 0.29) is 11.5 Å². The number of thiophene rings is 1. The normalized spacial score (nSPS) is 10.7. The molecule has 1 aromatic carbocycles. The third kappa shape index (κ3) is 2.50. The quantitative estimate of drug-likeness (QED) is 0.602. The number of rotatable bonds is 2. The SMILES string of the molecule is Cc1cc(Br)c(C(=O)c2cc(N)c(F)cc2Br)s1. The van der Waals surface area contributed by atoms with E-state index in [1.807, 2.05) is 13.0 Å². The van der Waals surface area contributed by atoms with E-state index >= 15 is 0 Å². The summed E-state index contributed by atoms with van der Waals surface area (Å²) in [4.78, 5) is 13.9. The molecule has 0 aliphatic carbocycles. The van der Waals surface area contributed by atoms with Gasteiger partial charge in [0.1, 0.15) is 5.82 Å². The van der Waals surface area contributed by atoms with Crippen LogP contribution in [-0.2, 0) is 0 Å². The van der Waals surface area contributed by atoms with Gasteiger partial charge in [0.2, 0.25) is 5.78 Å². The Hall–Kier alpha value is -0.720. The summed E-state index contributed by atoms with van der Waals surface area (Å²) in [6, 6.07) is 4.43. The van der Waals surface area contributed by atoms with Gasteiger partial charge in [-0.15, -0.1) is 11.3 Å². The predicted octanol–water partition coefficient (Wildman–Crippen LogP) is 4.53. The second-order valence-corrected chi connectivity index (χ2v) is 6.68. The summed E-state index contributed by atoms with van der Waals surface area (Å²) in [5.74, 6) is -0.724. The Labute approximate surface area is 124 Å². The molecule has 0 amide bonds. The molecule has 18 heavy (non-hydrogen) atoms. The summed E-state index contributed by atoms with van der Waals surface area (Å²) < 4.78 is 14.4. The number of nitrogens with two attached hydrogens (primary N) is 1. The fraction of sp³-hybridized carbons (Fsp3) is 0.0833. The number of halogens is 3. The molecule has 1 heterocycles. The van der Waals surface area contributed by atoms with Gasteiger partial charge in [0.05, 0.1) is 10.6 Å². The van der Waals surface area contributed by atoms with Crippen LogP contribution in [0.25, 0.3) is 0 Å². The van der Waals surface area contributed by atoms with E-state index < -0.39 is 5.82 Å². The van der Waals surface area contributed by atoms with Gasteiger partial charge in [0.15, 0.2) is 0 Å². The van der Waals surface area contributed by atoms with Crippen LogP contribution in [0.15, 0.2) is 27.1 Å². The van der Waals surface area contributed by atoms with Gasteiger partial charge in [0, 0.05) is 19.4 Å². The minimum atomic E-state index is -0.542. The largest absolute Gasteiger partial charge is 0.396 e. The maximum Gasteiger partial charge on any atom is 0.205 e. The second-order valence-electron chi connectivity index (χ2n) is 3.72. The molecule has 1 aromatic heterocycles. The fourth-order valence-electron chi connectivity index (χ4n) is 1.50. The van der Waals surface area contributed by atoms with Crippen LogP contribution < -0.4 is 5.73 Å². The molecule has 2 rings (SSSR count). The van der Waals surface area contributed by atoms with Gasteiger partial charge >= 0.3 is 0 Å². The Bertz CT molecular complexity index is 639. The second kappa shape index (κ2) is 5.11. The number of carbonyl (C=O) groups is 1. The highest BCUT2D eigenvalue weighted by Crippen LogP contribution is 2.32. The van der Waals surface area contributed by atoms with E-state index in [0.717, 1.165) is 9.35 Å². The van der Waals surface area contributed by atoms with Crippen molar-refractivity contribution in [2.45, 2.75) is 6.92 Å². The number of anilines is 1. The van der Waals surface area contributed by atoms with E-state index in [0.29, 0.717) is 14.9 Å². The predicted molar refractivity (Wildman–Crippen MR) is 78.7 cm³/mol. The lowest BCUT2D eigenvalue weighted by Gasteiger charge is -2.05. The summed E-state index contributed by atoms with van der Waals surface area (Å²) in [5, 5.41) is 0. The number of aryl methyl sites for hydroxylation is 1. The van der Waals surface area contributed by atoms with Gasteiger partial charge in [0.25, 0.3) is 0 Å². The highest BCUT2D eigenvalue weighted by molar-refractivity contribution is 9.11. The van der Waals surface area contributed by atoms with Gasteiger partial charge in [-0.25, -0.2) is 4.39 Å². The van der Waals surface area contributed by atoms with Gasteiger partial charge in [-0.05, 0) is 57.0 Å². The lowest BCUT2D eigenvalue weighted by molar-refractivity contribution is 0.104. The first kappa shape index (κ1) is 13.7. The van der Waals surface area contributed by atoms with Crippen LogP contribution in [-0.4, -0.2) is 5.78 Å². The Morgan fingerprint density at radius 3 is 2.50 bits per heavy atom. The molecular formula is C12H8Br2FNOS. The van der Waals surface area contributed by atoms with Crippen molar-refractivity contribution in [3.05, 3.63) is 48.3 Å². The van der Waals surface area contributed by atoms with Crippen molar-refractivity contribution in [2.24, 2.45) is 0 Å². The molecule has 0 bridgehead atoms. The highest BCUT2D eigenvalue weighted by atomic mass is 79.9. The van der Waals surface area contributed by atoms with Crippen LogP contribution in [0.2, 0.25) is 0 Å². The average Bonchev–Trinajstić information content (AvgIpc) is 2.62. The van der Waals surface area contributed by atoms with Crippen molar-refractivity contribution < 1.29 is 9.18 Å². The van der Waals surface area contributed by atoms with E-state index in [2.05, 4.69) is 31.9 Å². The van der Waals surface area contributed by atoms with E-state index in [9.17, 15) is 9.18 Å².